The van der Waals surface area contributed by atoms with E-state index in [1.54, 1.807) is 12.4 Å². The Morgan fingerprint density at radius 2 is 1.87 bits per heavy atom. The monoisotopic (exact) mass is 207 g/mol. The van der Waals surface area contributed by atoms with Gasteiger partial charge in [-0.2, -0.15) is 0 Å². The number of nitrogens with one attached hydrogen (secondary N) is 1. The van der Waals surface area contributed by atoms with Gasteiger partial charge in [-0.3, -0.25) is 4.98 Å². The molecule has 1 rings (SSSR count). The Kier molecular flexibility index (Phi) is 4.06. The molecule has 0 fully saturated rings. The molecule has 0 aliphatic rings. The molecule has 0 aliphatic carbocycles. The molecule has 0 amide bonds. The van der Waals surface area contributed by atoms with E-state index in [-0.39, 0.29) is 5.41 Å². The second-order valence-corrected chi connectivity index (χ2v) is 5.02. The predicted molar refractivity (Wildman–Crippen MR) is 64.0 cm³/mol. The van der Waals surface area contributed by atoms with Gasteiger partial charge in [0.2, 0.25) is 0 Å². The normalized spacial score (nSPS) is 11.5. The zero-order valence-electron chi connectivity index (χ0n) is 10.2. The molecule has 0 spiro atoms. The van der Waals surface area contributed by atoms with Crippen LogP contribution in [-0.2, 0) is 6.42 Å². The van der Waals surface area contributed by atoms with E-state index in [9.17, 15) is 0 Å². The van der Waals surface area contributed by atoms with Gasteiger partial charge in [0.05, 0.1) is 5.69 Å². The van der Waals surface area contributed by atoms with Crippen LogP contribution in [0.4, 0.5) is 5.82 Å². The van der Waals surface area contributed by atoms with Crippen molar-refractivity contribution in [1.29, 1.82) is 0 Å². The first-order chi connectivity index (χ1) is 7.03. The zero-order chi connectivity index (χ0) is 11.3. The Balaban J connectivity index is 2.77. The maximum atomic E-state index is 4.39. The van der Waals surface area contributed by atoms with Crippen LogP contribution >= 0.6 is 0 Å². The average Bonchev–Trinajstić information content (AvgIpc) is 2.14. The van der Waals surface area contributed by atoms with Crippen LogP contribution < -0.4 is 5.32 Å². The molecule has 84 valence electrons. The molecule has 1 N–H and O–H groups in total. The second kappa shape index (κ2) is 5.10. The van der Waals surface area contributed by atoms with E-state index in [1.807, 2.05) is 0 Å². The Bertz CT molecular complexity index is 302. The summed E-state index contributed by atoms with van der Waals surface area (Å²) in [6.07, 6.45) is 5.56. The quantitative estimate of drug-likeness (QED) is 0.825. The van der Waals surface area contributed by atoms with Crippen molar-refractivity contribution in [2.45, 2.75) is 40.5 Å². The molecule has 0 aliphatic heterocycles. The molecule has 0 bridgehead atoms. The first-order valence-corrected chi connectivity index (χ1v) is 5.56. The highest BCUT2D eigenvalue weighted by Gasteiger charge is 2.15. The van der Waals surface area contributed by atoms with E-state index in [2.05, 4.69) is 43.0 Å². The number of hydrogen-bond donors (Lipinski definition) is 1. The molecule has 15 heavy (non-hydrogen) atoms. The van der Waals surface area contributed by atoms with Crippen molar-refractivity contribution in [1.82, 2.24) is 9.97 Å². The summed E-state index contributed by atoms with van der Waals surface area (Å²) in [4.78, 5) is 8.72. The smallest absolute Gasteiger partial charge is 0.147 e. The summed E-state index contributed by atoms with van der Waals surface area (Å²) >= 11 is 0. The molecular weight excluding hydrogens is 186 g/mol. The summed E-state index contributed by atoms with van der Waals surface area (Å²) in [6.45, 7) is 9.74. The molecule has 1 aromatic rings. The molecule has 0 aromatic carbocycles. The lowest BCUT2D eigenvalue weighted by Crippen LogP contribution is -2.14. The first kappa shape index (κ1) is 12.0. The van der Waals surface area contributed by atoms with Crippen LogP contribution in [0.15, 0.2) is 12.4 Å². The highest BCUT2D eigenvalue weighted by molar-refractivity contribution is 5.39. The fraction of sp³-hybridized carbons (Fsp3) is 0.667. The number of nitrogens with zero attached hydrogens (tertiary/aromatic N) is 2. The predicted octanol–water partition coefficient (Wildman–Crippen LogP) is 2.89. The van der Waals surface area contributed by atoms with Gasteiger partial charge in [0.25, 0.3) is 0 Å². The Labute approximate surface area is 92.3 Å². The fourth-order valence-electron chi connectivity index (χ4n) is 1.39. The third-order valence-electron chi connectivity index (χ3n) is 2.01. The maximum Gasteiger partial charge on any atom is 0.147 e. The van der Waals surface area contributed by atoms with Crippen LogP contribution in [0.1, 0.15) is 39.8 Å². The summed E-state index contributed by atoms with van der Waals surface area (Å²) in [5.41, 5.74) is 1.32. The zero-order valence-corrected chi connectivity index (χ0v) is 10.2. The molecular formula is C12H21N3. The second-order valence-electron chi connectivity index (χ2n) is 5.02. The third-order valence-corrected chi connectivity index (χ3v) is 2.01. The standard InChI is InChI=1S/C12H21N3/c1-5-6-14-11-10(9-12(2,3)4)13-7-8-15-11/h7-8H,5-6,9H2,1-4H3,(H,14,15). The van der Waals surface area contributed by atoms with Crippen LogP contribution in [0.25, 0.3) is 0 Å². The molecule has 3 heteroatoms. The summed E-state index contributed by atoms with van der Waals surface area (Å²) in [7, 11) is 0. The minimum Gasteiger partial charge on any atom is -0.369 e. The lowest BCUT2D eigenvalue weighted by Gasteiger charge is -2.19. The lowest BCUT2D eigenvalue weighted by atomic mass is 9.90. The van der Waals surface area contributed by atoms with Crippen LogP contribution in [-0.4, -0.2) is 16.5 Å². The Hall–Kier alpha value is -1.12. The van der Waals surface area contributed by atoms with Gasteiger partial charge in [0.15, 0.2) is 0 Å². The largest absolute Gasteiger partial charge is 0.369 e. The van der Waals surface area contributed by atoms with Gasteiger partial charge in [-0.05, 0) is 18.3 Å². The summed E-state index contributed by atoms with van der Waals surface area (Å²) in [5.74, 6) is 0.939. The van der Waals surface area contributed by atoms with Gasteiger partial charge in [-0.1, -0.05) is 27.7 Å². The third kappa shape index (κ3) is 4.28. The van der Waals surface area contributed by atoms with Gasteiger partial charge >= 0.3 is 0 Å². The summed E-state index contributed by atoms with van der Waals surface area (Å²) in [5, 5.41) is 3.31. The fourth-order valence-corrected chi connectivity index (χ4v) is 1.39. The molecule has 0 atom stereocenters. The van der Waals surface area contributed by atoms with E-state index >= 15 is 0 Å². The van der Waals surface area contributed by atoms with Crippen LogP contribution in [0, 0.1) is 5.41 Å². The van der Waals surface area contributed by atoms with Gasteiger partial charge in [-0.15, -0.1) is 0 Å². The lowest BCUT2D eigenvalue weighted by molar-refractivity contribution is 0.406. The van der Waals surface area contributed by atoms with Crippen LogP contribution in [0.3, 0.4) is 0 Å². The number of rotatable bonds is 4. The Morgan fingerprint density at radius 3 is 2.47 bits per heavy atom. The van der Waals surface area contributed by atoms with E-state index < -0.39 is 0 Å². The molecule has 0 radical (unpaired) electrons. The number of hydrogen-bond acceptors (Lipinski definition) is 3. The number of anilines is 1. The highest BCUT2D eigenvalue weighted by Crippen LogP contribution is 2.22. The van der Waals surface area contributed by atoms with E-state index in [4.69, 9.17) is 0 Å². The van der Waals surface area contributed by atoms with Gasteiger partial charge in [0.1, 0.15) is 5.82 Å². The molecule has 0 saturated carbocycles. The summed E-state index contributed by atoms with van der Waals surface area (Å²) in [6, 6.07) is 0. The minimum atomic E-state index is 0.249. The Morgan fingerprint density at radius 1 is 1.20 bits per heavy atom. The van der Waals surface area contributed by atoms with Gasteiger partial charge in [0, 0.05) is 18.9 Å². The molecule has 1 heterocycles. The van der Waals surface area contributed by atoms with Crippen molar-refractivity contribution < 1.29 is 0 Å². The van der Waals surface area contributed by atoms with Crippen LogP contribution in [0.5, 0.6) is 0 Å². The molecule has 1 aromatic heterocycles. The van der Waals surface area contributed by atoms with Crippen molar-refractivity contribution in [2.75, 3.05) is 11.9 Å². The molecule has 0 unspecified atom stereocenters. The van der Waals surface area contributed by atoms with Crippen molar-refractivity contribution in [3.05, 3.63) is 18.1 Å². The van der Waals surface area contributed by atoms with Crippen LogP contribution in [0.2, 0.25) is 0 Å². The van der Waals surface area contributed by atoms with Gasteiger partial charge in [-0.25, -0.2) is 4.98 Å². The van der Waals surface area contributed by atoms with Gasteiger partial charge < -0.3 is 5.32 Å². The SMILES string of the molecule is CCCNc1nccnc1CC(C)(C)C. The molecule has 3 nitrogen and oxygen atoms in total. The minimum absolute atomic E-state index is 0.249. The topological polar surface area (TPSA) is 37.8 Å². The van der Waals surface area contributed by atoms with E-state index in [0.29, 0.717) is 0 Å². The van der Waals surface area contributed by atoms with Crippen molar-refractivity contribution in [3.63, 3.8) is 0 Å². The highest BCUT2D eigenvalue weighted by atomic mass is 15.0. The average molecular weight is 207 g/mol. The van der Waals surface area contributed by atoms with E-state index in [1.165, 1.54) is 0 Å². The van der Waals surface area contributed by atoms with Crippen molar-refractivity contribution in [2.24, 2.45) is 5.41 Å². The first-order valence-electron chi connectivity index (χ1n) is 5.56. The van der Waals surface area contributed by atoms with Crippen molar-refractivity contribution in [3.8, 4) is 0 Å². The summed E-state index contributed by atoms with van der Waals surface area (Å²) < 4.78 is 0. The van der Waals surface area contributed by atoms with E-state index in [0.717, 1.165) is 30.9 Å². The number of aromatic nitrogens is 2. The molecule has 0 saturated heterocycles. The van der Waals surface area contributed by atoms with Crippen molar-refractivity contribution >= 4 is 5.82 Å². The maximum absolute atomic E-state index is 4.39.